The van der Waals surface area contributed by atoms with E-state index < -0.39 is 10.2 Å². The lowest BCUT2D eigenvalue weighted by atomic mass is 10.1. The molecule has 6 heteroatoms. The second-order valence-electron chi connectivity index (χ2n) is 3.84. The first kappa shape index (κ1) is 12.2. The molecule has 1 saturated carbocycles. The molecule has 14 heavy (non-hydrogen) atoms. The highest BCUT2D eigenvalue weighted by molar-refractivity contribution is 7.87. The van der Waals surface area contributed by atoms with Crippen molar-refractivity contribution in [2.75, 3.05) is 20.6 Å². The first-order valence-electron chi connectivity index (χ1n) is 4.74. The molecule has 0 aromatic heterocycles. The Morgan fingerprint density at radius 3 is 2.50 bits per heavy atom. The van der Waals surface area contributed by atoms with E-state index in [1.807, 2.05) is 0 Å². The Hall–Kier alpha value is 0.160. The van der Waals surface area contributed by atoms with Gasteiger partial charge in [0.05, 0.1) is 0 Å². The van der Waals surface area contributed by atoms with Crippen LogP contribution in [0.4, 0.5) is 0 Å². The minimum absolute atomic E-state index is 0.125. The third-order valence-electron chi connectivity index (χ3n) is 2.57. The van der Waals surface area contributed by atoms with Crippen LogP contribution in [-0.2, 0) is 10.2 Å². The molecule has 84 valence electrons. The zero-order valence-corrected chi connectivity index (χ0v) is 10.1. The fraction of sp³-hybridized carbons (Fsp3) is 1.00. The second-order valence-corrected chi connectivity index (χ2v) is 6.37. The summed E-state index contributed by atoms with van der Waals surface area (Å²) in [5.74, 6) is 0.284. The Morgan fingerprint density at radius 2 is 2.07 bits per heavy atom. The quantitative estimate of drug-likeness (QED) is 0.739. The van der Waals surface area contributed by atoms with Gasteiger partial charge in [-0.2, -0.15) is 12.7 Å². The number of hydrogen-bond donors (Lipinski definition) is 1. The zero-order valence-electron chi connectivity index (χ0n) is 8.53. The maximum Gasteiger partial charge on any atom is 0.278 e. The molecule has 4 nitrogen and oxygen atoms in total. The molecule has 0 aliphatic heterocycles. The van der Waals surface area contributed by atoms with Crippen LogP contribution < -0.4 is 4.72 Å². The van der Waals surface area contributed by atoms with Crippen molar-refractivity contribution in [2.24, 2.45) is 5.92 Å². The molecule has 0 radical (unpaired) electrons. The molecule has 2 atom stereocenters. The smallest absolute Gasteiger partial charge is 0.202 e. The van der Waals surface area contributed by atoms with Crippen LogP contribution in [0.2, 0.25) is 0 Å². The van der Waals surface area contributed by atoms with Gasteiger partial charge >= 0.3 is 0 Å². The fourth-order valence-corrected chi connectivity index (χ4v) is 2.62. The molecule has 0 bridgehead atoms. The van der Waals surface area contributed by atoms with Crippen molar-refractivity contribution in [3.63, 3.8) is 0 Å². The monoisotopic (exact) mass is 240 g/mol. The van der Waals surface area contributed by atoms with Crippen LogP contribution in [0, 0.1) is 5.92 Å². The predicted octanol–water partition coefficient (Wildman–Crippen LogP) is 0.790. The van der Waals surface area contributed by atoms with Gasteiger partial charge in [-0.15, -0.1) is 11.6 Å². The van der Waals surface area contributed by atoms with Crippen molar-refractivity contribution in [3.05, 3.63) is 0 Å². The Kier molecular flexibility index (Phi) is 4.18. The van der Waals surface area contributed by atoms with E-state index in [9.17, 15) is 8.42 Å². The highest BCUT2D eigenvalue weighted by Gasteiger charge is 2.26. The molecule has 0 saturated heterocycles. The third kappa shape index (κ3) is 3.08. The van der Waals surface area contributed by atoms with Crippen LogP contribution in [0.15, 0.2) is 0 Å². The van der Waals surface area contributed by atoms with Crippen LogP contribution in [0.5, 0.6) is 0 Å². The van der Waals surface area contributed by atoms with Crippen molar-refractivity contribution in [2.45, 2.75) is 24.6 Å². The minimum Gasteiger partial charge on any atom is -0.202 e. The molecule has 0 aromatic carbocycles. The number of halogens is 1. The van der Waals surface area contributed by atoms with Gasteiger partial charge in [0.25, 0.3) is 10.2 Å². The van der Waals surface area contributed by atoms with Gasteiger partial charge in [0.15, 0.2) is 0 Å². The summed E-state index contributed by atoms with van der Waals surface area (Å²) in [4.78, 5) is 0. The molecule has 1 rings (SSSR count). The molecular formula is C8H17ClN2O2S. The van der Waals surface area contributed by atoms with Crippen LogP contribution in [-0.4, -0.2) is 38.7 Å². The van der Waals surface area contributed by atoms with Gasteiger partial charge in [0.1, 0.15) is 0 Å². The van der Waals surface area contributed by atoms with E-state index >= 15 is 0 Å². The van der Waals surface area contributed by atoms with Crippen LogP contribution >= 0.6 is 11.6 Å². The van der Waals surface area contributed by atoms with E-state index in [2.05, 4.69) is 4.72 Å². The van der Waals surface area contributed by atoms with Gasteiger partial charge < -0.3 is 0 Å². The lowest BCUT2D eigenvalue weighted by Gasteiger charge is -2.17. The molecule has 1 aliphatic carbocycles. The summed E-state index contributed by atoms with van der Waals surface area (Å²) in [6, 6.07) is 0. The van der Waals surface area contributed by atoms with Gasteiger partial charge in [0, 0.05) is 26.0 Å². The average Bonchev–Trinajstić information content (AvgIpc) is 2.47. The number of hydrogen-bond acceptors (Lipinski definition) is 2. The Morgan fingerprint density at radius 1 is 1.43 bits per heavy atom. The van der Waals surface area contributed by atoms with Gasteiger partial charge in [-0.3, -0.25) is 0 Å². The van der Waals surface area contributed by atoms with Crippen molar-refractivity contribution < 1.29 is 8.42 Å². The zero-order chi connectivity index (χ0) is 10.8. The molecule has 1 N–H and O–H groups in total. The summed E-state index contributed by atoms with van der Waals surface area (Å²) in [6.07, 6.45) is 3.11. The number of nitrogens with zero attached hydrogens (tertiary/aromatic N) is 1. The second kappa shape index (κ2) is 4.79. The predicted molar refractivity (Wildman–Crippen MR) is 57.6 cm³/mol. The van der Waals surface area contributed by atoms with Crippen LogP contribution in [0.1, 0.15) is 19.3 Å². The molecule has 1 fully saturated rings. The summed E-state index contributed by atoms with van der Waals surface area (Å²) in [7, 11) is -0.266. The van der Waals surface area contributed by atoms with Crippen molar-refractivity contribution >= 4 is 21.8 Å². The maximum absolute atomic E-state index is 11.4. The number of rotatable bonds is 4. The van der Waals surface area contributed by atoms with Crippen LogP contribution in [0.3, 0.4) is 0 Å². The van der Waals surface area contributed by atoms with E-state index in [0.717, 1.165) is 19.3 Å². The van der Waals surface area contributed by atoms with Crippen molar-refractivity contribution in [1.82, 2.24) is 9.03 Å². The van der Waals surface area contributed by atoms with E-state index in [1.165, 1.54) is 18.4 Å². The fourth-order valence-electron chi connectivity index (χ4n) is 1.56. The Balaban J connectivity index is 2.40. The molecule has 0 heterocycles. The first-order chi connectivity index (χ1) is 6.43. The topological polar surface area (TPSA) is 49.4 Å². The SMILES string of the molecule is CN(C)S(=O)(=O)NCC1CCCC1Cl. The van der Waals surface area contributed by atoms with Crippen molar-refractivity contribution in [1.29, 1.82) is 0 Å². The molecule has 0 spiro atoms. The van der Waals surface area contributed by atoms with Gasteiger partial charge in [0.2, 0.25) is 0 Å². The highest BCUT2D eigenvalue weighted by Crippen LogP contribution is 2.29. The molecular weight excluding hydrogens is 224 g/mol. The standard InChI is InChI=1S/C8H17ClN2O2S/c1-11(2)14(12,13)10-6-7-4-3-5-8(7)9/h7-8,10H,3-6H2,1-2H3. The molecule has 1 aliphatic rings. The Bertz CT molecular complexity index is 279. The highest BCUT2D eigenvalue weighted by atomic mass is 35.5. The molecule has 0 amide bonds. The van der Waals surface area contributed by atoms with Crippen LogP contribution in [0.25, 0.3) is 0 Å². The summed E-state index contributed by atoms with van der Waals surface area (Å²) in [5, 5.41) is 0.125. The van der Waals surface area contributed by atoms with Gasteiger partial charge in [-0.25, -0.2) is 4.72 Å². The van der Waals surface area contributed by atoms with E-state index in [0.29, 0.717) is 6.54 Å². The summed E-state index contributed by atoms with van der Waals surface area (Å²) in [5.41, 5.74) is 0. The lowest BCUT2D eigenvalue weighted by molar-refractivity contribution is 0.481. The maximum atomic E-state index is 11.4. The summed E-state index contributed by atoms with van der Waals surface area (Å²) < 4.78 is 26.4. The Labute approximate surface area is 90.8 Å². The first-order valence-corrected chi connectivity index (χ1v) is 6.62. The number of nitrogens with one attached hydrogen (secondary N) is 1. The van der Waals surface area contributed by atoms with Crippen molar-refractivity contribution in [3.8, 4) is 0 Å². The van der Waals surface area contributed by atoms with E-state index in [-0.39, 0.29) is 11.3 Å². The average molecular weight is 241 g/mol. The largest absolute Gasteiger partial charge is 0.278 e. The molecule has 0 aromatic rings. The molecule has 2 unspecified atom stereocenters. The number of alkyl halides is 1. The summed E-state index contributed by atoms with van der Waals surface area (Å²) in [6.45, 7) is 0.453. The van der Waals surface area contributed by atoms with Gasteiger partial charge in [-0.1, -0.05) is 6.42 Å². The van der Waals surface area contributed by atoms with E-state index in [4.69, 9.17) is 11.6 Å². The minimum atomic E-state index is -3.28. The third-order valence-corrected chi connectivity index (χ3v) is 4.64. The lowest BCUT2D eigenvalue weighted by Crippen LogP contribution is -2.39. The summed E-state index contributed by atoms with van der Waals surface area (Å²) >= 11 is 6.04. The van der Waals surface area contributed by atoms with E-state index in [1.54, 1.807) is 0 Å². The normalized spacial score (nSPS) is 28.6. The van der Waals surface area contributed by atoms with Gasteiger partial charge in [-0.05, 0) is 18.8 Å².